The van der Waals surface area contributed by atoms with Gasteiger partial charge in [-0.25, -0.2) is 13.6 Å². The van der Waals surface area contributed by atoms with E-state index in [1.165, 1.54) is 26.4 Å². The van der Waals surface area contributed by atoms with E-state index in [9.17, 15) is 18.4 Å². The van der Waals surface area contributed by atoms with Gasteiger partial charge in [0.1, 0.15) is 11.5 Å². The molecule has 0 saturated carbocycles. The van der Waals surface area contributed by atoms with E-state index in [0.717, 1.165) is 0 Å². The van der Waals surface area contributed by atoms with Crippen LogP contribution in [0.4, 0.5) is 14.5 Å². The summed E-state index contributed by atoms with van der Waals surface area (Å²) in [7, 11) is 2.90. The molecule has 0 aromatic heterocycles. The van der Waals surface area contributed by atoms with Gasteiger partial charge in [0.05, 0.1) is 24.8 Å². The first-order valence-corrected chi connectivity index (χ1v) is 7.56. The second kappa shape index (κ2) is 8.48. The molecule has 1 amide bonds. The van der Waals surface area contributed by atoms with E-state index < -0.39 is 30.1 Å². The van der Waals surface area contributed by atoms with Crippen LogP contribution in [0.5, 0.6) is 11.5 Å². The van der Waals surface area contributed by atoms with Gasteiger partial charge in [0.15, 0.2) is 18.2 Å². The number of methoxy groups -OCH3 is 2. The fourth-order valence-electron chi connectivity index (χ4n) is 1.96. The Labute approximate surface area is 152 Å². The largest absolute Gasteiger partial charge is 0.497 e. The maximum atomic E-state index is 13.2. The highest BCUT2D eigenvalue weighted by atomic mass is 35.5. The Balaban J connectivity index is 2.01. The fourth-order valence-corrected chi connectivity index (χ4v) is 2.19. The highest BCUT2D eigenvalue weighted by molar-refractivity contribution is 6.33. The lowest BCUT2D eigenvalue weighted by molar-refractivity contribution is -0.119. The van der Waals surface area contributed by atoms with Crippen LogP contribution in [0, 0.1) is 11.6 Å². The van der Waals surface area contributed by atoms with Gasteiger partial charge in [-0.1, -0.05) is 11.6 Å². The minimum absolute atomic E-state index is 0.327. The topological polar surface area (TPSA) is 73.9 Å². The summed E-state index contributed by atoms with van der Waals surface area (Å²) in [5.41, 5.74) is -0.0328. The van der Waals surface area contributed by atoms with Crippen molar-refractivity contribution in [3.8, 4) is 11.5 Å². The molecule has 2 aromatic carbocycles. The number of rotatable bonds is 6. The van der Waals surface area contributed by atoms with Gasteiger partial charge in [-0.3, -0.25) is 4.79 Å². The molecule has 6 nitrogen and oxygen atoms in total. The molecule has 0 radical (unpaired) electrons. The maximum Gasteiger partial charge on any atom is 0.340 e. The first kappa shape index (κ1) is 19.5. The SMILES string of the molecule is COc1cc(NC(=O)COC(=O)c2cc(F)c(F)cc2Cl)cc(OC)c1. The van der Waals surface area contributed by atoms with Crippen LogP contribution in [-0.4, -0.2) is 32.7 Å². The third kappa shape index (κ3) is 4.82. The van der Waals surface area contributed by atoms with Crippen LogP contribution in [0.25, 0.3) is 0 Å². The maximum absolute atomic E-state index is 13.2. The molecule has 0 bridgehead atoms. The second-order valence-electron chi connectivity index (χ2n) is 4.97. The number of carbonyl (C=O) groups excluding carboxylic acids is 2. The lowest BCUT2D eigenvalue weighted by Crippen LogP contribution is -2.21. The Kier molecular flexibility index (Phi) is 6.35. The number of benzene rings is 2. The first-order valence-electron chi connectivity index (χ1n) is 7.18. The summed E-state index contributed by atoms with van der Waals surface area (Å²) in [6, 6.07) is 5.94. The molecule has 0 aliphatic rings. The number of nitrogens with one attached hydrogen (secondary N) is 1. The molecule has 0 aliphatic carbocycles. The molecule has 0 unspecified atom stereocenters. The summed E-state index contributed by atoms with van der Waals surface area (Å²) in [4.78, 5) is 23.8. The summed E-state index contributed by atoms with van der Waals surface area (Å²) in [6.45, 7) is -0.659. The lowest BCUT2D eigenvalue weighted by atomic mass is 10.2. The Hall–Kier alpha value is -2.87. The third-order valence-corrected chi connectivity index (χ3v) is 3.51. The number of amides is 1. The number of hydrogen-bond acceptors (Lipinski definition) is 5. The van der Waals surface area contributed by atoms with Gasteiger partial charge in [0.25, 0.3) is 5.91 Å². The monoisotopic (exact) mass is 385 g/mol. The lowest BCUT2D eigenvalue weighted by Gasteiger charge is -2.10. The first-order chi connectivity index (χ1) is 12.3. The quantitative estimate of drug-likeness (QED) is 0.609. The van der Waals surface area contributed by atoms with E-state index in [0.29, 0.717) is 29.3 Å². The summed E-state index contributed by atoms with van der Waals surface area (Å²) >= 11 is 5.67. The summed E-state index contributed by atoms with van der Waals surface area (Å²) < 4.78 is 41.1. The van der Waals surface area contributed by atoms with Crippen LogP contribution in [0.1, 0.15) is 10.4 Å². The molecule has 26 heavy (non-hydrogen) atoms. The third-order valence-electron chi connectivity index (χ3n) is 3.20. The van der Waals surface area contributed by atoms with Crippen molar-refractivity contribution in [2.24, 2.45) is 0 Å². The Morgan fingerprint density at radius 3 is 2.15 bits per heavy atom. The predicted molar refractivity (Wildman–Crippen MR) is 89.8 cm³/mol. The van der Waals surface area contributed by atoms with E-state index in [1.54, 1.807) is 6.07 Å². The van der Waals surface area contributed by atoms with Crippen molar-refractivity contribution in [2.45, 2.75) is 0 Å². The number of halogens is 3. The van der Waals surface area contributed by atoms with Crippen LogP contribution < -0.4 is 14.8 Å². The second-order valence-corrected chi connectivity index (χ2v) is 5.38. The van der Waals surface area contributed by atoms with Crippen LogP contribution >= 0.6 is 11.6 Å². The molecule has 0 atom stereocenters. The smallest absolute Gasteiger partial charge is 0.340 e. The van der Waals surface area contributed by atoms with Crippen molar-refractivity contribution < 1.29 is 32.6 Å². The molecule has 0 fully saturated rings. The number of ether oxygens (including phenoxy) is 3. The van der Waals surface area contributed by atoms with Crippen LogP contribution in [0.3, 0.4) is 0 Å². The van der Waals surface area contributed by atoms with E-state index in [4.69, 9.17) is 25.8 Å². The summed E-state index contributed by atoms with van der Waals surface area (Å²) in [6.07, 6.45) is 0. The molecule has 0 saturated heterocycles. The Morgan fingerprint density at radius 1 is 1.00 bits per heavy atom. The number of hydrogen-bond donors (Lipinski definition) is 1. The van der Waals surface area contributed by atoms with Gasteiger partial charge >= 0.3 is 5.97 Å². The molecular formula is C17H14ClF2NO5. The standard InChI is InChI=1S/C17H14ClF2NO5/c1-24-10-3-9(4-11(5-10)25-2)21-16(22)8-26-17(23)12-6-14(19)15(20)7-13(12)18/h3-7H,8H2,1-2H3,(H,21,22). The van der Waals surface area contributed by atoms with Crippen LogP contribution in [0.2, 0.25) is 5.02 Å². The van der Waals surface area contributed by atoms with Crippen LogP contribution in [0.15, 0.2) is 30.3 Å². The van der Waals surface area contributed by atoms with E-state index in [2.05, 4.69) is 5.32 Å². The van der Waals surface area contributed by atoms with E-state index >= 15 is 0 Å². The molecule has 0 aliphatic heterocycles. The molecule has 0 heterocycles. The normalized spacial score (nSPS) is 10.2. The van der Waals surface area contributed by atoms with Gasteiger partial charge in [-0.15, -0.1) is 0 Å². The molecule has 2 aromatic rings. The van der Waals surface area contributed by atoms with Crippen molar-refractivity contribution in [3.63, 3.8) is 0 Å². The predicted octanol–water partition coefficient (Wildman–Crippen LogP) is 3.43. The average Bonchev–Trinajstić information content (AvgIpc) is 2.62. The molecule has 0 spiro atoms. The molecule has 2 rings (SSSR count). The van der Waals surface area contributed by atoms with Crippen molar-refractivity contribution in [3.05, 3.63) is 52.6 Å². The minimum Gasteiger partial charge on any atom is -0.497 e. The Bertz CT molecular complexity index is 822. The van der Waals surface area contributed by atoms with E-state index in [-0.39, 0.29) is 10.6 Å². The zero-order valence-corrected chi connectivity index (χ0v) is 14.5. The van der Waals surface area contributed by atoms with Gasteiger partial charge < -0.3 is 19.5 Å². The molecule has 138 valence electrons. The zero-order chi connectivity index (χ0) is 19.3. The number of anilines is 1. The van der Waals surface area contributed by atoms with Crippen molar-refractivity contribution in [1.82, 2.24) is 0 Å². The molecule has 9 heteroatoms. The number of carbonyl (C=O) groups is 2. The van der Waals surface area contributed by atoms with E-state index in [1.807, 2.05) is 0 Å². The van der Waals surface area contributed by atoms with Gasteiger partial charge in [-0.2, -0.15) is 0 Å². The molecular weight excluding hydrogens is 372 g/mol. The number of esters is 1. The van der Waals surface area contributed by atoms with Crippen molar-refractivity contribution in [2.75, 3.05) is 26.1 Å². The average molecular weight is 386 g/mol. The van der Waals surface area contributed by atoms with Crippen molar-refractivity contribution >= 4 is 29.2 Å². The van der Waals surface area contributed by atoms with Gasteiger partial charge in [0, 0.05) is 23.9 Å². The van der Waals surface area contributed by atoms with Gasteiger partial charge in [-0.05, 0) is 12.1 Å². The highest BCUT2D eigenvalue weighted by Crippen LogP contribution is 2.26. The summed E-state index contributed by atoms with van der Waals surface area (Å²) in [5.74, 6) is -3.28. The molecule has 1 N–H and O–H groups in total. The zero-order valence-electron chi connectivity index (χ0n) is 13.8. The fraction of sp³-hybridized carbons (Fsp3) is 0.176. The highest BCUT2D eigenvalue weighted by Gasteiger charge is 2.17. The van der Waals surface area contributed by atoms with Crippen molar-refractivity contribution in [1.29, 1.82) is 0 Å². The van der Waals surface area contributed by atoms with Crippen LogP contribution in [-0.2, 0) is 9.53 Å². The Morgan fingerprint density at radius 2 is 1.58 bits per heavy atom. The van der Waals surface area contributed by atoms with Gasteiger partial charge in [0.2, 0.25) is 0 Å². The minimum atomic E-state index is -1.26. The summed E-state index contributed by atoms with van der Waals surface area (Å²) in [5, 5.41) is 2.16.